The molecule has 0 saturated heterocycles. The number of rotatable bonds is 5. The quantitative estimate of drug-likeness (QED) is 0.457. The molecule has 0 radical (unpaired) electrons. The SMILES string of the molecule is O=C(O)NCCNc1cn[nH]c1-c1nc2ccccc2[nH]1. The van der Waals surface area contributed by atoms with Gasteiger partial charge in [0.05, 0.1) is 22.9 Å². The fraction of sp³-hybridized carbons (Fsp3) is 0.154. The van der Waals surface area contributed by atoms with Gasteiger partial charge in [0.1, 0.15) is 5.69 Å². The average molecular weight is 286 g/mol. The first-order chi connectivity index (χ1) is 10.2. The van der Waals surface area contributed by atoms with Gasteiger partial charge in [-0.25, -0.2) is 9.78 Å². The van der Waals surface area contributed by atoms with Crippen LogP contribution in [0.25, 0.3) is 22.6 Å². The van der Waals surface area contributed by atoms with E-state index in [-0.39, 0.29) is 0 Å². The molecule has 0 bridgehead atoms. The van der Waals surface area contributed by atoms with Gasteiger partial charge in [-0.1, -0.05) is 12.1 Å². The van der Waals surface area contributed by atoms with Gasteiger partial charge in [-0.05, 0) is 12.1 Å². The topological polar surface area (TPSA) is 119 Å². The first-order valence-electron chi connectivity index (χ1n) is 6.43. The summed E-state index contributed by atoms with van der Waals surface area (Å²) in [5, 5.41) is 20.8. The Morgan fingerprint density at radius 3 is 2.95 bits per heavy atom. The van der Waals surface area contributed by atoms with Gasteiger partial charge in [-0.3, -0.25) is 5.10 Å². The number of benzene rings is 1. The number of carbonyl (C=O) groups is 1. The maximum absolute atomic E-state index is 10.4. The van der Waals surface area contributed by atoms with Crippen LogP contribution < -0.4 is 10.6 Å². The van der Waals surface area contributed by atoms with Gasteiger partial charge in [0.15, 0.2) is 5.82 Å². The fourth-order valence-corrected chi connectivity index (χ4v) is 2.04. The van der Waals surface area contributed by atoms with E-state index in [9.17, 15) is 4.79 Å². The highest BCUT2D eigenvalue weighted by Gasteiger charge is 2.11. The van der Waals surface area contributed by atoms with E-state index in [1.54, 1.807) is 6.20 Å². The van der Waals surface area contributed by atoms with Crippen molar-refractivity contribution in [2.45, 2.75) is 0 Å². The van der Waals surface area contributed by atoms with Crippen LogP contribution in [0.2, 0.25) is 0 Å². The summed E-state index contributed by atoms with van der Waals surface area (Å²) in [5.41, 5.74) is 3.32. The minimum absolute atomic E-state index is 0.306. The van der Waals surface area contributed by atoms with E-state index in [1.165, 1.54) is 0 Å². The lowest BCUT2D eigenvalue weighted by atomic mass is 10.3. The molecule has 8 nitrogen and oxygen atoms in total. The highest BCUT2D eigenvalue weighted by atomic mass is 16.4. The lowest BCUT2D eigenvalue weighted by molar-refractivity contribution is 0.195. The molecule has 8 heteroatoms. The van der Waals surface area contributed by atoms with Crippen LogP contribution in [0.3, 0.4) is 0 Å². The van der Waals surface area contributed by atoms with Gasteiger partial charge in [-0.15, -0.1) is 0 Å². The second-order valence-electron chi connectivity index (χ2n) is 4.42. The molecule has 3 rings (SSSR count). The molecule has 0 fully saturated rings. The molecule has 0 aliphatic carbocycles. The maximum atomic E-state index is 10.4. The molecule has 0 spiro atoms. The molecule has 5 N–H and O–H groups in total. The summed E-state index contributed by atoms with van der Waals surface area (Å²) in [6, 6.07) is 7.74. The molecular formula is C13H14N6O2. The van der Waals surface area contributed by atoms with Gasteiger partial charge in [0.25, 0.3) is 0 Å². The Bertz CT molecular complexity index is 730. The Morgan fingerprint density at radius 1 is 1.29 bits per heavy atom. The zero-order valence-corrected chi connectivity index (χ0v) is 11.1. The molecule has 0 aliphatic rings. The first-order valence-corrected chi connectivity index (χ1v) is 6.43. The third kappa shape index (κ3) is 2.78. The molecule has 21 heavy (non-hydrogen) atoms. The molecule has 1 aromatic carbocycles. The second kappa shape index (κ2) is 5.53. The highest BCUT2D eigenvalue weighted by Crippen LogP contribution is 2.24. The van der Waals surface area contributed by atoms with E-state index in [0.717, 1.165) is 22.4 Å². The lowest BCUT2D eigenvalue weighted by Crippen LogP contribution is -2.26. The average Bonchev–Trinajstić information content (AvgIpc) is 3.09. The van der Waals surface area contributed by atoms with Crippen molar-refractivity contribution in [3.05, 3.63) is 30.5 Å². The number of anilines is 1. The maximum Gasteiger partial charge on any atom is 0.404 e. The Hall–Kier alpha value is -3.03. The number of imidazole rings is 1. The Morgan fingerprint density at radius 2 is 2.14 bits per heavy atom. The molecule has 0 saturated carbocycles. The number of para-hydroxylation sites is 2. The summed E-state index contributed by atoms with van der Waals surface area (Å²) in [4.78, 5) is 18.1. The number of aromatic nitrogens is 4. The van der Waals surface area contributed by atoms with Crippen LogP contribution in [-0.2, 0) is 0 Å². The van der Waals surface area contributed by atoms with Crippen molar-refractivity contribution >= 4 is 22.8 Å². The van der Waals surface area contributed by atoms with Crippen LogP contribution in [0.1, 0.15) is 0 Å². The van der Waals surface area contributed by atoms with Crippen molar-refractivity contribution in [2.75, 3.05) is 18.4 Å². The number of carboxylic acid groups (broad SMARTS) is 1. The summed E-state index contributed by atoms with van der Waals surface area (Å²) >= 11 is 0. The summed E-state index contributed by atoms with van der Waals surface area (Å²) in [7, 11) is 0. The highest BCUT2D eigenvalue weighted by molar-refractivity contribution is 5.81. The van der Waals surface area contributed by atoms with E-state index >= 15 is 0 Å². The number of nitrogens with zero attached hydrogens (tertiary/aromatic N) is 2. The number of nitrogens with one attached hydrogen (secondary N) is 4. The van der Waals surface area contributed by atoms with Crippen LogP contribution >= 0.6 is 0 Å². The minimum Gasteiger partial charge on any atom is -0.465 e. The van der Waals surface area contributed by atoms with Gasteiger partial charge >= 0.3 is 6.09 Å². The van der Waals surface area contributed by atoms with Gasteiger partial charge < -0.3 is 20.7 Å². The number of aromatic amines is 2. The van der Waals surface area contributed by atoms with E-state index in [4.69, 9.17) is 5.11 Å². The zero-order chi connectivity index (χ0) is 14.7. The molecule has 3 aromatic rings. The first kappa shape index (κ1) is 13.0. The fourth-order valence-electron chi connectivity index (χ4n) is 2.04. The van der Waals surface area contributed by atoms with Crippen molar-refractivity contribution in [1.82, 2.24) is 25.5 Å². The molecule has 2 heterocycles. The Balaban J connectivity index is 1.76. The predicted octanol–water partition coefficient (Wildman–Crippen LogP) is 1.63. The standard InChI is InChI=1S/C13H14N6O2/c20-13(21)15-6-5-14-10-7-16-19-11(10)12-17-8-3-1-2-4-9(8)18-12/h1-4,7,14-15H,5-6H2,(H,16,19)(H,17,18)(H,20,21). The normalized spacial score (nSPS) is 10.7. The summed E-state index contributed by atoms with van der Waals surface area (Å²) in [5.74, 6) is 0.683. The van der Waals surface area contributed by atoms with E-state index < -0.39 is 6.09 Å². The predicted molar refractivity (Wildman–Crippen MR) is 78.2 cm³/mol. The van der Waals surface area contributed by atoms with Gasteiger partial charge in [-0.2, -0.15) is 5.10 Å². The molecule has 1 amide bonds. The molecule has 0 atom stereocenters. The van der Waals surface area contributed by atoms with Crippen LogP contribution in [0.5, 0.6) is 0 Å². The molecule has 0 unspecified atom stereocenters. The summed E-state index contributed by atoms with van der Waals surface area (Å²) in [6.07, 6.45) is 0.602. The number of amides is 1. The minimum atomic E-state index is -1.04. The summed E-state index contributed by atoms with van der Waals surface area (Å²) in [6.45, 7) is 0.763. The molecule has 0 aliphatic heterocycles. The number of H-pyrrole nitrogens is 2. The third-order valence-electron chi connectivity index (χ3n) is 2.98. The Labute approximate surface area is 119 Å². The van der Waals surface area contributed by atoms with E-state index in [0.29, 0.717) is 18.9 Å². The van der Waals surface area contributed by atoms with Crippen LogP contribution in [0.15, 0.2) is 30.5 Å². The largest absolute Gasteiger partial charge is 0.465 e. The zero-order valence-electron chi connectivity index (χ0n) is 11.1. The van der Waals surface area contributed by atoms with Crippen molar-refractivity contribution in [2.24, 2.45) is 0 Å². The van der Waals surface area contributed by atoms with Crippen molar-refractivity contribution in [3.63, 3.8) is 0 Å². The smallest absolute Gasteiger partial charge is 0.404 e. The number of fused-ring (bicyclic) bond motifs is 1. The van der Waals surface area contributed by atoms with Crippen molar-refractivity contribution in [1.29, 1.82) is 0 Å². The van der Waals surface area contributed by atoms with Gasteiger partial charge in [0.2, 0.25) is 0 Å². The lowest BCUT2D eigenvalue weighted by Gasteiger charge is -2.05. The van der Waals surface area contributed by atoms with Crippen LogP contribution in [0, 0.1) is 0 Å². The molecular weight excluding hydrogens is 272 g/mol. The van der Waals surface area contributed by atoms with Crippen molar-refractivity contribution < 1.29 is 9.90 Å². The van der Waals surface area contributed by atoms with Crippen LogP contribution in [-0.4, -0.2) is 44.5 Å². The number of hydrogen-bond acceptors (Lipinski definition) is 4. The molecule has 2 aromatic heterocycles. The van der Waals surface area contributed by atoms with E-state index in [1.807, 2.05) is 24.3 Å². The number of hydrogen-bond donors (Lipinski definition) is 5. The van der Waals surface area contributed by atoms with Gasteiger partial charge in [0, 0.05) is 13.1 Å². The Kier molecular flexibility index (Phi) is 3.42. The second-order valence-corrected chi connectivity index (χ2v) is 4.42. The summed E-state index contributed by atoms with van der Waals surface area (Å²) < 4.78 is 0. The molecule has 108 valence electrons. The monoisotopic (exact) mass is 286 g/mol. The van der Waals surface area contributed by atoms with Crippen LogP contribution in [0.4, 0.5) is 10.5 Å². The third-order valence-corrected chi connectivity index (χ3v) is 2.98. The van der Waals surface area contributed by atoms with Crippen molar-refractivity contribution in [3.8, 4) is 11.5 Å². The van der Waals surface area contributed by atoms with E-state index in [2.05, 4.69) is 30.8 Å².